The van der Waals surface area contributed by atoms with Gasteiger partial charge in [0.1, 0.15) is 6.61 Å². The summed E-state index contributed by atoms with van der Waals surface area (Å²) in [4.78, 5) is 22.2. The lowest BCUT2D eigenvalue weighted by molar-refractivity contribution is -0.147. The molecule has 0 aliphatic rings. The van der Waals surface area contributed by atoms with Crippen LogP contribution in [0.3, 0.4) is 0 Å². The van der Waals surface area contributed by atoms with E-state index in [1.807, 2.05) is 6.08 Å². The van der Waals surface area contributed by atoms with Gasteiger partial charge in [-0.3, -0.25) is 13.8 Å². The largest absolute Gasteiger partial charge is 0.492 e. The summed E-state index contributed by atoms with van der Waals surface area (Å²) in [6.45, 7) is 4.01. The second-order valence-corrected chi connectivity index (χ2v) is 13.9. The predicted octanol–water partition coefficient (Wildman–Crippen LogP) is 11.5. The number of phosphoric ester groups is 1. The lowest BCUT2D eigenvalue weighted by Crippen LogP contribution is -2.25. The summed E-state index contributed by atoms with van der Waals surface area (Å²) in [5, 5.41) is 0. The van der Waals surface area contributed by atoms with Crippen LogP contribution in [0.4, 0.5) is 0 Å². The molecule has 0 radical (unpaired) electrons. The predicted molar refractivity (Wildman–Crippen MR) is 210 cm³/mol. The number of ether oxygens (including phenoxy) is 2. The Balaban J connectivity index is 4.24. The number of carbonyl (C=O) groups excluding carboxylic acids is 1. The second kappa shape index (κ2) is 38.0. The number of hydrogen-bond acceptors (Lipinski definition) is 7. The van der Waals surface area contributed by atoms with E-state index in [1.165, 1.54) is 57.8 Å². The number of phosphoric acid groups is 1. The molecule has 2 unspecified atom stereocenters. The summed E-state index contributed by atoms with van der Waals surface area (Å²) < 4.78 is 33.0. The molecule has 3 N–H and O–H groups in total. The smallest absolute Gasteiger partial charge is 0.472 e. The Bertz CT molecular complexity index is 989. The molecule has 0 spiro atoms. The highest BCUT2D eigenvalue weighted by Crippen LogP contribution is 2.43. The highest BCUT2D eigenvalue weighted by molar-refractivity contribution is 7.47. The maximum absolute atomic E-state index is 12.3. The summed E-state index contributed by atoms with van der Waals surface area (Å²) in [5.41, 5.74) is 5.35. The average Bonchev–Trinajstić information content (AvgIpc) is 3.11. The van der Waals surface area contributed by atoms with Crippen LogP contribution >= 0.6 is 7.82 Å². The molecule has 2 atom stereocenters. The first-order chi connectivity index (χ1) is 24.4. The maximum Gasteiger partial charge on any atom is 0.472 e. The van der Waals surface area contributed by atoms with Crippen LogP contribution in [0.1, 0.15) is 149 Å². The van der Waals surface area contributed by atoms with Crippen molar-refractivity contribution >= 4 is 13.8 Å². The third-order valence-corrected chi connectivity index (χ3v) is 8.68. The fourth-order valence-corrected chi connectivity index (χ4v) is 5.55. The van der Waals surface area contributed by atoms with E-state index in [9.17, 15) is 14.3 Å². The van der Waals surface area contributed by atoms with Crippen LogP contribution in [0.2, 0.25) is 0 Å². The van der Waals surface area contributed by atoms with Crippen LogP contribution in [-0.4, -0.2) is 43.3 Å². The van der Waals surface area contributed by atoms with Crippen LogP contribution in [0, 0.1) is 0 Å². The molecule has 0 amide bonds. The molecule has 0 heterocycles. The topological polar surface area (TPSA) is 117 Å². The van der Waals surface area contributed by atoms with Gasteiger partial charge in [0.25, 0.3) is 0 Å². The van der Waals surface area contributed by atoms with E-state index in [0.717, 1.165) is 64.2 Å². The number of carbonyl (C=O) groups is 1. The van der Waals surface area contributed by atoms with Gasteiger partial charge < -0.3 is 20.1 Å². The summed E-state index contributed by atoms with van der Waals surface area (Å²) in [6.07, 6.45) is 47.3. The first-order valence-corrected chi connectivity index (χ1v) is 21.0. The minimum Gasteiger partial charge on any atom is -0.492 e. The molecule has 0 aromatic rings. The Labute approximate surface area is 305 Å². The molecule has 0 rings (SSSR count). The molecule has 8 nitrogen and oxygen atoms in total. The minimum atomic E-state index is -4.28. The van der Waals surface area contributed by atoms with Crippen molar-refractivity contribution in [2.75, 3.05) is 26.4 Å². The van der Waals surface area contributed by atoms with Gasteiger partial charge in [-0.15, -0.1) is 0 Å². The summed E-state index contributed by atoms with van der Waals surface area (Å²) in [6, 6.07) is 0. The third kappa shape index (κ3) is 37.0. The van der Waals surface area contributed by atoms with Gasteiger partial charge in [0, 0.05) is 13.0 Å². The van der Waals surface area contributed by atoms with Gasteiger partial charge in [-0.05, 0) is 89.5 Å². The van der Waals surface area contributed by atoms with E-state index in [2.05, 4.69) is 74.6 Å². The van der Waals surface area contributed by atoms with Gasteiger partial charge in [0.05, 0.1) is 19.5 Å². The van der Waals surface area contributed by atoms with E-state index in [1.54, 1.807) is 6.26 Å². The molecule has 288 valence electrons. The molecule has 0 fully saturated rings. The van der Waals surface area contributed by atoms with Crippen molar-refractivity contribution in [3.63, 3.8) is 0 Å². The first-order valence-electron chi connectivity index (χ1n) is 19.5. The fraction of sp³-hybridized carbons (Fsp3) is 0.683. The van der Waals surface area contributed by atoms with Gasteiger partial charge >= 0.3 is 13.8 Å². The Morgan fingerprint density at radius 2 is 1.14 bits per heavy atom. The molecule has 50 heavy (non-hydrogen) atoms. The zero-order valence-electron chi connectivity index (χ0n) is 31.6. The quantitative estimate of drug-likeness (QED) is 0.0216. The van der Waals surface area contributed by atoms with Crippen molar-refractivity contribution in [1.82, 2.24) is 0 Å². The molecular weight excluding hydrogens is 649 g/mol. The molecule has 0 saturated carbocycles. The van der Waals surface area contributed by atoms with Gasteiger partial charge in [-0.1, -0.05) is 120 Å². The average molecular weight is 722 g/mol. The number of nitrogens with two attached hydrogens (primary N) is 1. The van der Waals surface area contributed by atoms with Crippen molar-refractivity contribution in [2.24, 2.45) is 5.73 Å². The van der Waals surface area contributed by atoms with Crippen molar-refractivity contribution in [1.29, 1.82) is 0 Å². The zero-order chi connectivity index (χ0) is 36.6. The van der Waals surface area contributed by atoms with E-state index in [0.29, 0.717) is 12.8 Å². The van der Waals surface area contributed by atoms with Gasteiger partial charge in [0.2, 0.25) is 0 Å². The first kappa shape index (κ1) is 47.8. The molecule has 0 aromatic carbocycles. The van der Waals surface area contributed by atoms with Gasteiger partial charge in [-0.25, -0.2) is 4.57 Å². The molecule has 0 aromatic heterocycles. The number of allylic oxidation sites excluding steroid dienone is 11. The van der Waals surface area contributed by atoms with E-state index < -0.39 is 13.9 Å². The van der Waals surface area contributed by atoms with Crippen LogP contribution < -0.4 is 5.73 Å². The standard InChI is InChI=1S/C41H72NO7P/c1-3-5-7-9-11-13-15-17-19-21-23-25-27-29-31-33-36-46-40(39-49-50(44,45)48-37-35-42)38-47-41(43)34-32-30-28-26-24-22-20-18-16-14-12-10-8-6-4-2/h6,8,12,14,17-20,24,26,33,36,40H,3-5,7,9-11,13,15-16,21-23,25,27-32,34-35,37-39,42H2,1-2H3,(H,44,45). The Morgan fingerprint density at radius 3 is 1.72 bits per heavy atom. The van der Waals surface area contributed by atoms with E-state index in [4.69, 9.17) is 24.3 Å². The molecular formula is C41H72NO7P. The van der Waals surface area contributed by atoms with Crippen LogP contribution in [0.25, 0.3) is 0 Å². The van der Waals surface area contributed by atoms with Gasteiger partial charge in [-0.2, -0.15) is 0 Å². The van der Waals surface area contributed by atoms with Crippen molar-refractivity contribution in [3.05, 3.63) is 73.1 Å². The van der Waals surface area contributed by atoms with E-state index in [-0.39, 0.29) is 32.3 Å². The summed E-state index contributed by atoms with van der Waals surface area (Å²) in [7, 11) is -4.28. The van der Waals surface area contributed by atoms with Crippen LogP contribution in [-0.2, 0) is 27.9 Å². The van der Waals surface area contributed by atoms with Crippen molar-refractivity contribution in [2.45, 2.75) is 155 Å². The van der Waals surface area contributed by atoms with Crippen molar-refractivity contribution < 1.29 is 32.8 Å². The minimum absolute atomic E-state index is 0.0897. The Kier molecular flexibility index (Phi) is 36.3. The van der Waals surface area contributed by atoms with Crippen LogP contribution in [0.5, 0.6) is 0 Å². The molecule has 0 aliphatic heterocycles. The highest BCUT2D eigenvalue weighted by atomic mass is 31.2. The monoisotopic (exact) mass is 722 g/mol. The zero-order valence-corrected chi connectivity index (χ0v) is 32.5. The molecule has 0 aliphatic carbocycles. The van der Waals surface area contributed by atoms with E-state index >= 15 is 0 Å². The van der Waals surface area contributed by atoms with Crippen molar-refractivity contribution in [3.8, 4) is 0 Å². The Morgan fingerprint density at radius 1 is 0.640 bits per heavy atom. The third-order valence-electron chi connectivity index (χ3n) is 7.70. The molecule has 0 bridgehead atoms. The maximum atomic E-state index is 12.3. The fourth-order valence-electron chi connectivity index (χ4n) is 4.79. The molecule has 0 saturated heterocycles. The number of hydrogen-bond donors (Lipinski definition) is 2. The number of unbranched alkanes of at least 4 members (excludes halogenated alkanes) is 13. The Hall–Kier alpha value is -2.22. The lowest BCUT2D eigenvalue weighted by Gasteiger charge is -2.19. The molecule has 9 heteroatoms. The number of esters is 1. The lowest BCUT2D eigenvalue weighted by atomic mass is 10.1. The highest BCUT2D eigenvalue weighted by Gasteiger charge is 2.24. The summed E-state index contributed by atoms with van der Waals surface area (Å²) in [5.74, 6) is -0.337. The SMILES string of the molecule is CCC=CCC=CCC=CCC=CCCCCC(=O)OCC(COP(=O)(O)OCCN)OC=CCCCCCCC=CCCCCCCCC. The normalized spacial score (nSPS) is 14.3. The summed E-state index contributed by atoms with van der Waals surface area (Å²) >= 11 is 0. The van der Waals surface area contributed by atoms with Gasteiger partial charge in [0.15, 0.2) is 6.10 Å². The van der Waals surface area contributed by atoms with Crippen LogP contribution in [0.15, 0.2) is 73.1 Å². The number of rotatable bonds is 36. The second-order valence-electron chi connectivity index (χ2n) is 12.5.